The van der Waals surface area contributed by atoms with Gasteiger partial charge in [-0.3, -0.25) is 4.79 Å². The Balaban J connectivity index is 1.93. The van der Waals surface area contributed by atoms with Crippen molar-refractivity contribution in [1.82, 2.24) is 4.90 Å². The zero-order valence-corrected chi connectivity index (χ0v) is 14.3. The van der Waals surface area contributed by atoms with Crippen LogP contribution < -0.4 is 5.32 Å². The number of amides is 1. The van der Waals surface area contributed by atoms with E-state index in [1.807, 2.05) is 42.2 Å². The molecule has 126 valence electrons. The number of hydrogen-bond acceptors (Lipinski definition) is 2. The number of benzene rings is 2. The minimum absolute atomic E-state index is 0.0104. The molecule has 1 aliphatic rings. The Morgan fingerprint density at radius 1 is 1.21 bits per heavy atom. The molecular weight excluding hydrogens is 303 g/mol. The van der Waals surface area contributed by atoms with E-state index in [2.05, 4.69) is 19.2 Å². The molecule has 4 heteroatoms. The number of aryl methyl sites for hydroxylation is 1. The van der Waals surface area contributed by atoms with E-state index in [4.69, 9.17) is 0 Å². The van der Waals surface area contributed by atoms with Crippen LogP contribution in [0.5, 0.6) is 0 Å². The molecule has 0 bridgehead atoms. The quantitative estimate of drug-likeness (QED) is 0.860. The van der Waals surface area contributed by atoms with Crippen molar-refractivity contribution in [2.24, 2.45) is 5.92 Å². The smallest absolute Gasteiger partial charge is 0.256 e. The second-order valence-corrected chi connectivity index (χ2v) is 6.80. The predicted octanol–water partition coefficient (Wildman–Crippen LogP) is 4.75. The lowest BCUT2D eigenvalue weighted by molar-refractivity contribution is 0.0734. The van der Waals surface area contributed by atoms with E-state index in [1.165, 1.54) is 6.07 Å². The Morgan fingerprint density at radius 3 is 2.67 bits per heavy atom. The van der Waals surface area contributed by atoms with Crippen LogP contribution in [0.1, 0.15) is 47.9 Å². The van der Waals surface area contributed by atoms with Crippen LogP contribution in [-0.4, -0.2) is 17.4 Å². The van der Waals surface area contributed by atoms with Gasteiger partial charge in [0.2, 0.25) is 0 Å². The number of carbonyl (C=O) groups excluding carboxylic acids is 1. The molecule has 0 aliphatic carbocycles. The summed E-state index contributed by atoms with van der Waals surface area (Å²) in [5.41, 5.74) is 2.90. The highest BCUT2D eigenvalue weighted by atomic mass is 19.1. The maximum absolute atomic E-state index is 14.3. The Kier molecular flexibility index (Phi) is 4.56. The summed E-state index contributed by atoms with van der Waals surface area (Å²) in [4.78, 5) is 14.6. The summed E-state index contributed by atoms with van der Waals surface area (Å²) in [6.45, 7) is 6.78. The predicted molar refractivity (Wildman–Crippen MR) is 94.4 cm³/mol. The summed E-state index contributed by atoms with van der Waals surface area (Å²) < 4.78 is 14.3. The molecule has 0 unspecified atom stereocenters. The average molecular weight is 326 g/mol. The van der Waals surface area contributed by atoms with Crippen LogP contribution in [0, 0.1) is 18.7 Å². The Morgan fingerprint density at radius 2 is 1.96 bits per heavy atom. The van der Waals surface area contributed by atoms with E-state index in [-0.39, 0.29) is 17.9 Å². The van der Waals surface area contributed by atoms with Gasteiger partial charge in [-0.15, -0.1) is 0 Å². The van der Waals surface area contributed by atoms with E-state index in [0.29, 0.717) is 23.7 Å². The van der Waals surface area contributed by atoms with Crippen molar-refractivity contribution in [1.29, 1.82) is 0 Å². The Labute approximate surface area is 142 Å². The minimum Gasteiger partial charge on any atom is -0.359 e. The van der Waals surface area contributed by atoms with Gasteiger partial charge in [0.05, 0.1) is 5.69 Å². The molecule has 2 aromatic rings. The van der Waals surface area contributed by atoms with Crippen LogP contribution in [-0.2, 0) is 0 Å². The van der Waals surface area contributed by atoms with Crippen LogP contribution in [0.25, 0.3) is 0 Å². The van der Waals surface area contributed by atoms with Gasteiger partial charge >= 0.3 is 0 Å². The van der Waals surface area contributed by atoms with Crippen molar-refractivity contribution in [3.63, 3.8) is 0 Å². The van der Waals surface area contributed by atoms with Gasteiger partial charge in [0.25, 0.3) is 5.91 Å². The number of nitrogens with zero attached hydrogens (tertiary/aromatic N) is 1. The van der Waals surface area contributed by atoms with Gasteiger partial charge in [0.1, 0.15) is 12.0 Å². The number of halogens is 1. The third-order valence-corrected chi connectivity index (χ3v) is 4.42. The van der Waals surface area contributed by atoms with Gasteiger partial charge < -0.3 is 10.2 Å². The number of nitrogens with one attached hydrogen (secondary N) is 1. The monoisotopic (exact) mass is 326 g/mol. The second-order valence-electron chi connectivity index (χ2n) is 6.80. The SMILES string of the molecule is Cc1ccc(N[C@@H]2c3ccccc3C(=O)N2CCC(C)C)c(F)c1. The zero-order chi connectivity index (χ0) is 17.3. The maximum Gasteiger partial charge on any atom is 0.256 e. The van der Waals surface area contributed by atoms with Gasteiger partial charge in [0.15, 0.2) is 0 Å². The molecule has 1 N–H and O–H groups in total. The molecule has 1 amide bonds. The van der Waals surface area contributed by atoms with Gasteiger partial charge in [-0.1, -0.05) is 38.1 Å². The summed E-state index contributed by atoms with van der Waals surface area (Å²) in [6.07, 6.45) is 0.582. The highest BCUT2D eigenvalue weighted by molar-refractivity contribution is 5.99. The first-order valence-corrected chi connectivity index (χ1v) is 8.40. The normalized spacial score (nSPS) is 16.6. The standard InChI is InChI=1S/C20H23FN2O/c1-13(2)10-11-23-19(15-6-4-5-7-16(15)20(23)24)22-18-9-8-14(3)12-17(18)21/h4-9,12-13,19,22H,10-11H2,1-3H3/t19-/m0/s1. The zero-order valence-electron chi connectivity index (χ0n) is 14.3. The van der Waals surface area contributed by atoms with Crippen molar-refractivity contribution in [2.45, 2.75) is 33.4 Å². The molecule has 1 aliphatic heterocycles. The third-order valence-electron chi connectivity index (χ3n) is 4.42. The summed E-state index contributed by atoms with van der Waals surface area (Å²) in [7, 11) is 0. The lowest BCUT2D eigenvalue weighted by atomic mass is 10.1. The van der Waals surface area contributed by atoms with Gasteiger partial charge in [-0.2, -0.15) is 0 Å². The van der Waals surface area contributed by atoms with E-state index in [0.717, 1.165) is 17.5 Å². The van der Waals surface area contributed by atoms with Gasteiger partial charge in [-0.25, -0.2) is 4.39 Å². The first-order chi connectivity index (χ1) is 11.5. The first-order valence-electron chi connectivity index (χ1n) is 8.40. The third kappa shape index (κ3) is 3.14. The molecule has 3 nitrogen and oxygen atoms in total. The lowest BCUT2D eigenvalue weighted by Crippen LogP contribution is -2.34. The van der Waals surface area contributed by atoms with Crippen LogP contribution in [0.4, 0.5) is 10.1 Å². The summed E-state index contributed by atoms with van der Waals surface area (Å²) in [5, 5.41) is 3.23. The van der Waals surface area contributed by atoms with Crippen molar-refractivity contribution >= 4 is 11.6 Å². The first kappa shape index (κ1) is 16.5. The number of hydrogen-bond donors (Lipinski definition) is 1. The van der Waals surface area contributed by atoms with E-state index >= 15 is 0 Å². The minimum atomic E-state index is -0.329. The van der Waals surface area contributed by atoms with E-state index in [1.54, 1.807) is 6.07 Å². The van der Waals surface area contributed by atoms with Crippen LogP contribution in [0.2, 0.25) is 0 Å². The molecule has 0 aromatic heterocycles. The molecule has 0 radical (unpaired) electrons. The van der Waals surface area contributed by atoms with Crippen molar-refractivity contribution < 1.29 is 9.18 Å². The second kappa shape index (κ2) is 6.63. The Hall–Kier alpha value is -2.36. The van der Waals surface area contributed by atoms with Crippen LogP contribution in [0.15, 0.2) is 42.5 Å². The fourth-order valence-corrected chi connectivity index (χ4v) is 3.04. The van der Waals surface area contributed by atoms with Crippen LogP contribution >= 0.6 is 0 Å². The van der Waals surface area contributed by atoms with Crippen molar-refractivity contribution in [3.05, 3.63) is 65.0 Å². The molecule has 2 aromatic carbocycles. The fourth-order valence-electron chi connectivity index (χ4n) is 3.04. The fraction of sp³-hybridized carbons (Fsp3) is 0.350. The largest absolute Gasteiger partial charge is 0.359 e. The number of anilines is 1. The molecule has 3 rings (SSSR count). The maximum atomic E-state index is 14.3. The molecule has 1 heterocycles. The topological polar surface area (TPSA) is 32.3 Å². The molecule has 24 heavy (non-hydrogen) atoms. The Bertz CT molecular complexity index is 757. The number of fused-ring (bicyclic) bond motifs is 1. The molecule has 0 saturated heterocycles. The number of rotatable bonds is 5. The van der Waals surface area contributed by atoms with Crippen LogP contribution in [0.3, 0.4) is 0 Å². The van der Waals surface area contributed by atoms with E-state index < -0.39 is 0 Å². The number of carbonyl (C=O) groups is 1. The molecule has 0 spiro atoms. The van der Waals surface area contributed by atoms with E-state index in [9.17, 15) is 9.18 Å². The van der Waals surface area contributed by atoms with Gasteiger partial charge in [0, 0.05) is 17.7 Å². The summed E-state index contributed by atoms with van der Waals surface area (Å²) in [6, 6.07) is 12.7. The molecule has 0 saturated carbocycles. The lowest BCUT2D eigenvalue weighted by Gasteiger charge is -2.28. The highest BCUT2D eigenvalue weighted by Crippen LogP contribution is 2.35. The van der Waals surface area contributed by atoms with Gasteiger partial charge in [-0.05, 0) is 43.0 Å². The summed E-state index contributed by atoms with van der Waals surface area (Å²) >= 11 is 0. The average Bonchev–Trinajstić information content (AvgIpc) is 2.81. The van der Waals surface area contributed by atoms with Crippen molar-refractivity contribution in [3.8, 4) is 0 Å². The summed E-state index contributed by atoms with van der Waals surface area (Å²) in [5.74, 6) is 0.213. The molecule has 0 fully saturated rings. The highest BCUT2D eigenvalue weighted by Gasteiger charge is 2.36. The van der Waals surface area contributed by atoms with Crippen molar-refractivity contribution in [2.75, 3.05) is 11.9 Å². The molecular formula is C20H23FN2O. The molecule has 1 atom stereocenters.